The second kappa shape index (κ2) is 15.1. The molecule has 0 radical (unpaired) electrons. The summed E-state index contributed by atoms with van der Waals surface area (Å²) in [5.74, 6) is 2.17. The molecule has 2 aromatic heterocycles. The van der Waals surface area contributed by atoms with Crippen LogP contribution in [0.3, 0.4) is 0 Å². The van der Waals surface area contributed by atoms with Crippen LogP contribution < -0.4 is 29.0 Å². The summed E-state index contributed by atoms with van der Waals surface area (Å²) in [6.45, 7) is 1.61. The molecular formula is C34H34ClN5O6. The van der Waals surface area contributed by atoms with E-state index >= 15 is 0 Å². The molecule has 0 saturated heterocycles. The van der Waals surface area contributed by atoms with Gasteiger partial charge in [0.2, 0.25) is 5.75 Å². The average Bonchev–Trinajstić information content (AvgIpc) is 3.54. The summed E-state index contributed by atoms with van der Waals surface area (Å²) >= 11 is 6.09. The maximum absolute atomic E-state index is 13.0. The van der Waals surface area contributed by atoms with Crippen LogP contribution in [0.25, 0.3) is 17.0 Å². The third-order valence-electron chi connectivity index (χ3n) is 7.11. The van der Waals surface area contributed by atoms with E-state index in [2.05, 4.69) is 20.6 Å². The van der Waals surface area contributed by atoms with Gasteiger partial charge in [0.15, 0.2) is 28.8 Å². The minimum Gasteiger partial charge on any atom is -0.493 e. The number of allylic oxidation sites excluding steroid dienone is 1. The topological polar surface area (TPSA) is 119 Å². The van der Waals surface area contributed by atoms with Gasteiger partial charge in [-0.1, -0.05) is 22.9 Å². The Labute approximate surface area is 271 Å². The highest BCUT2D eigenvalue weighted by molar-refractivity contribution is 6.31. The number of fused-ring (bicyclic) bond motifs is 1. The fraction of sp³-hybridized carbons (Fsp3) is 0.235. The molecule has 238 valence electrons. The number of methoxy groups -OCH3 is 4. The zero-order valence-corrected chi connectivity index (χ0v) is 26.7. The molecule has 0 aliphatic carbocycles. The highest BCUT2D eigenvalue weighted by Crippen LogP contribution is 2.38. The van der Waals surface area contributed by atoms with Crippen LogP contribution in [0.15, 0.2) is 73.1 Å². The van der Waals surface area contributed by atoms with Gasteiger partial charge in [0.05, 0.1) is 40.2 Å². The maximum Gasteiger partial charge on any atom is 0.203 e. The Balaban J connectivity index is 1.14. The molecule has 0 amide bonds. The molecular weight excluding hydrogens is 610 g/mol. The van der Waals surface area contributed by atoms with Crippen LogP contribution in [0.1, 0.15) is 28.0 Å². The molecule has 0 aliphatic rings. The molecule has 46 heavy (non-hydrogen) atoms. The predicted molar refractivity (Wildman–Crippen MR) is 177 cm³/mol. The number of benzene rings is 3. The Morgan fingerprint density at radius 2 is 1.70 bits per heavy atom. The summed E-state index contributed by atoms with van der Waals surface area (Å²) in [6, 6.07) is 16.2. The second-order valence-electron chi connectivity index (χ2n) is 10.1. The van der Waals surface area contributed by atoms with Crippen molar-refractivity contribution in [3.05, 3.63) is 94.9 Å². The second-order valence-corrected chi connectivity index (χ2v) is 10.5. The number of halogens is 1. The minimum absolute atomic E-state index is 0.189. The van der Waals surface area contributed by atoms with Crippen LogP contribution in [0, 0.1) is 0 Å². The molecule has 1 N–H and O–H groups in total. The van der Waals surface area contributed by atoms with E-state index in [1.165, 1.54) is 34.5 Å². The number of aryl methyl sites for hydroxylation is 1. The molecule has 0 spiro atoms. The first-order valence-electron chi connectivity index (χ1n) is 14.4. The first kappa shape index (κ1) is 32.1. The molecule has 0 bridgehead atoms. The normalized spacial score (nSPS) is 11.1. The maximum atomic E-state index is 13.0. The molecule has 2 heterocycles. The number of carbonyl (C=O) groups excluding carboxylic acids is 1. The van der Waals surface area contributed by atoms with Crippen molar-refractivity contribution in [2.45, 2.75) is 19.6 Å². The quantitative estimate of drug-likeness (QED) is 0.0770. The molecule has 11 nitrogen and oxygen atoms in total. The fourth-order valence-corrected chi connectivity index (χ4v) is 4.98. The van der Waals surface area contributed by atoms with Gasteiger partial charge in [-0.3, -0.25) is 14.5 Å². The average molecular weight is 644 g/mol. The molecule has 5 rings (SSSR count). The van der Waals surface area contributed by atoms with Crippen LogP contribution >= 0.6 is 11.6 Å². The third kappa shape index (κ3) is 7.67. The van der Waals surface area contributed by atoms with E-state index in [1.54, 1.807) is 47.3 Å². The zero-order valence-electron chi connectivity index (χ0n) is 26.0. The van der Waals surface area contributed by atoms with Gasteiger partial charge in [0, 0.05) is 40.9 Å². The van der Waals surface area contributed by atoms with E-state index in [0.717, 1.165) is 29.6 Å². The molecule has 5 aromatic rings. The monoisotopic (exact) mass is 643 g/mol. The summed E-state index contributed by atoms with van der Waals surface area (Å²) in [5.41, 5.74) is 3.68. The number of carbonyl (C=O) groups is 1. The first-order chi connectivity index (χ1) is 22.4. The van der Waals surface area contributed by atoms with Gasteiger partial charge in [0.25, 0.3) is 0 Å². The standard InChI is InChI=1S/C34H34ClN5O6/c1-42-31-18-23(29(41)10-6-22-16-32(43-2)34(45-4)33(17-22)44-3)7-11-30(31)46-21-25-20-40(39-38-25)15-5-13-36-27-12-14-37-28-19-24(35)8-9-26(27)28/h6-12,14,16-20H,5,13,15,21H2,1-4H3,(H,36,37)/b10-6+. The molecule has 0 fully saturated rings. The van der Waals surface area contributed by atoms with Gasteiger partial charge in [-0.05, 0) is 72.7 Å². The Kier molecular flexibility index (Phi) is 10.6. The van der Waals surface area contributed by atoms with Gasteiger partial charge < -0.3 is 29.0 Å². The Morgan fingerprint density at radius 3 is 2.43 bits per heavy atom. The lowest BCUT2D eigenvalue weighted by Gasteiger charge is -2.12. The molecule has 3 aromatic carbocycles. The SMILES string of the molecule is COc1cc(C(=O)/C=C/c2cc(OC)c(OC)c(OC)c2)ccc1OCc1cn(CCCNc2ccnc3cc(Cl)ccc23)nn1. The van der Waals surface area contributed by atoms with Gasteiger partial charge in [0.1, 0.15) is 12.3 Å². The lowest BCUT2D eigenvalue weighted by atomic mass is 10.1. The number of aromatic nitrogens is 4. The van der Waals surface area contributed by atoms with Gasteiger partial charge >= 0.3 is 0 Å². The number of ketones is 1. The van der Waals surface area contributed by atoms with E-state index in [1.807, 2.05) is 30.5 Å². The third-order valence-corrected chi connectivity index (χ3v) is 7.34. The van der Waals surface area contributed by atoms with Crippen LogP contribution in [0.5, 0.6) is 28.7 Å². The Hall–Kier alpha value is -5.29. The number of pyridine rings is 1. The van der Waals surface area contributed by atoms with Crippen molar-refractivity contribution in [3.8, 4) is 28.7 Å². The van der Waals surface area contributed by atoms with E-state index in [-0.39, 0.29) is 12.4 Å². The fourth-order valence-electron chi connectivity index (χ4n) is 4.81. The molecule has 0 unspecified atom stereocenters. The van der Waals surface area contributed by atoms with Crippen molar-refractivity contribution >= 4 is 40.1 Å². The highest BCUT2D eigenvalue weighted by Gasteiger charge is 2.14. The molecule has 0 aliphatic heterocycles. The van der Waals surface area contributed by atoms with E-state index in [4.69, 9.17) is 35.3 Å². The largest absolute Gasteiger partial charge is 0.493 e. The van der Waals surface area contributed by atoms with E-state index < -0.39 is 0 Å². The predicted octanol–water partition coefficient (Wildman–Crippen LogP) is 6.49. The van der Waals surface area contributed by atoms with E-state index in [9.17, 15) is 4.79 Å². The van der Waals surface area contributed by atoms with Gasteiger partial charge in [-0.15, -0.1) is 5.10 Å². The number of nitrogens with zero attached hydrogens (tertiary/aromatic N) is 4. The Morgan fingerprint density at radius 1 is 0.913 bits per heavy atom. The van der Waals surface area contributed by atoms with Gasteiger partial charge in [-0.2, -0.15) is 0 Å². The van der Waals surface area contributed by atoms with Crippen LogP contribution in [0.2, 0.25) is 5.02 Å². The number of rotatable bonds is 15. The lowest BCUT2D eigenvalue weighted by Crippen LogP contribution is -2.07. The Bertz CT molecular complexity index is 1830. The minimum atomic E-state index is -0.211. The van der Waals surface area contributed by atoms with Crippen molar-refractivity contribution in [3.63, 3.8) is 0 Å². The van der Waals surface area contributed by atoms with Crippen molar-refractivity contribution < 1.29 is 28.5 Å². The first-order valence-corrected chi connectivity index (χ1v) is 14.8. The number of anilines is 1. The number of hydrogen-bond donors (Lipinski definition) is 1. The zero-order chi connectivity index (χ0) is 32.5. The van der Waals surface area contributed by atoms with Crippen LogP contribution in [-0.4, -0.2) is 60.7 Å². The van der Waals surface area contributed by atoms with E-state index in [0.29, 0.717) is 57.1 Å². The summed E-state index contributed by atoms with van der Waals surface area (Å²) in [6.07, 6.45) is 7.60. The highest BCUT2D eigenvalue weighted by atomic mass is 35.5. The summed E-state index contributed by atoms with van der Waals surface area (Å²) in [4.78, 5) is 17.3. The molecule has 12 heteroatoms. The van der Waals surface area contributed by atoms with Crippen LogP contribution in [0.4, 0.5) is 5.69 Å². The molecule has 0 atom stereocenters. The molecule has 0 saturated carbocycles. The lowest BCUT2D eigenvalue weighted by molar-refractivity contribution is 0.104. The van der Waals surface area contributed by atoms with Gasteiger partial charge in [-0.25, -0.2) is 0 Å². The van der Waals surface area contributed by atoms with Crippen molar-refractivity contribution in [1.29, 1.82) is 0 Å². The van der Waals surface area contributed by atoms with Crippen molar-refractivity contribution in [2.24, 2.45) is 0 Å². The summed E-state index contributed by atoms with van der Waals surface area (Å²) < 4.78 is 29.4. The number of nitrogens with one attached hydrogen (secondary N) is 1. The number of ether oxygens (including phenoxy) is 5. The summed E-state index contributed by atoms with van der Waals surface area (Å²) in [5, 5.41) is 13.6. The summed E-state index contributed by atoms with van der Waals surface area (Å²) in [7, 11) is 6.14. The van der Waals surface area contributed by atoms with Crippen LogP contribution in [-0.2, 0) is 13.2 Å². The van der Waals surface area contributed by atoms with Crippen molar-refractivity contribution in [1.82, 2.24) is 20.0 Å². The van der Waals surface area contributed by atoms with Crippen molar-refractivity contribution in [2.75, 3.05) is 40.3 Å². The smallest absolute Gasteiger partial charge is 0.203 e. The number of hydrogen-bond acceptors (Lipinski definition) is 10.